The molecule has 1 aromatic carbocycles. The summed E-state index contributed by atoms with van der Waals surface area (Å²) < 4.78 is 18.1. The summed E-state index contributed by atoms with van der Waals surface area (Å²) in [6.07, 6.45) is 0. The minimum atomic E-state index is -0.309. The van der Waals surface area contributed by atoms with Crippen LogP contribution in [0.5, 0.6) is 5.75 Å². The van der Waals surface area contributed by atoms with Gasteiger partial charge in [-0.1, -0.05) is 13.0 Å². The number of benzene rings is 1. The molecule has 2 nitrogen and oxygen atoms in total. The fraction of sp³-hybridized carbons (Fsp3) is 0.455. The topological polar surface area (TPSA) is 35.2 Å². The highest BCUT2D eigenvalue weighted by Gasteiger charge is 2.05. The van der Waals surface area contributed by atoms with Gasteiger partial charge in [-0.05, 0) is 17.7 Å². The summed E-state index contributed by atoms with van der Waals surface area (Å²) >= 11 is 1.72. The number of hydrogen-bond acceptors (Lipinski definition) is 3. The van der Waals surface area contributed by atoms with Gasteiger partial charge in [0.25, 0.3) is 0 Å². The molecular weight excluding hydrogens is 213 g/mol. The van der Waals surface area contributed by atoms with E-state index in [1.165, 1.54) is 13.2 Å². The molecular formula is C11H16FNOS. The van der Waals surface area contributed by atoms with E-state index in [-0.39, 0.29) is 11.6 Å². The van der Waals surface area contributed by atoms with Crippen LogP contribution in [0.1, 0.15) is 12.5 Å². The van der Waals surface area contributed by atoms with Gasteiger partial charge in [0.15, 0.2) is 11.6 Å². The predicted octanol–water partition coefficient (Wildman–Crippen LogP) is 2.41. The second-order valence-electron chi connectivity index (χ2n) is 3.33. The standard InChI is InChI=1S/C11H16FNOS/c1-8(6-13)15-7-9-3-4-11(14-2)10(12)5-9/h3-5,8H,6-7,13H2,1-2H3. The van der Waals surface area contributed by atoms with Crippen molar-refractivity contribution in [3.05, 3.63) is 29.6 Å². The van der Waals surface area contributed by atoms with E-state index < -0.39 is 0 Å². The second-order valence-corrected chi connectivity index (χ2v) is 4.75. The normalized spacial score (nSPS) is 12.5. The molecule has 4 heteroatoms. The molecule has 0 saturated heterocycles. The van der Waals surface area contributed by atoms with Crippen molar-refractivity contribution in [2.75, 3.05) is 13.7 Å². The molecule has 1 aromatic rings. The molecule has 15 heavy (non-hydrogen) atoms. The van der Waals surface area contributed by atoms with Gasteiger partial charge in [-0.2, -0.15) is 11.8 Å². The number of hydrogen-bond donors (Lipinski definition) is 1. The smallest absolute Gasteiger partial charge is 0.165 e. The Morgan fingerprint density at radius 3 is 2.80 bits per heavy atom. The van der Waals surface area contributed by atoms with Crippen molar-refractivity contribution in [1.82, 2.24) is 0 Å². The monoisotopic (exact) mass is 229 g/mol. The number of methoxy groups -OCH3 is 1. The van der Waals surface area contributed by atoms with Crippen LogP contribution in [0.15, 0.2) is 18.2 Å². The first kappa shape index (κ1) is 12.3. The van der Waals surface area contributed by atoms with E-state index in [0.29, 0.717) is 11.8 Å². The van der Waals surface area contributed by atoms with E-state index >= 15 is 0 Å². The first-order valence-electron chi connectivity index (χ1n) is 4.81. The Morgan fingerprint density at radius 2 is 2.27 bits per heavy atom. The first-order chi connectivity index (χ1) is 7.17. The van der Waals surface area contributed by atoms with Crippen molar-refractivity contribution < 1.29 is 9.13 Å². The molecule has 0 heterocycles. The Morgan fingerprint density at radius 1 is 1.53 bits per heavy atom. The van der Waals surface area contributed by atoms with Crippen molar-refractivity contribution in [3.8, 4) is 5.75 Å². The molecule has 0 radical (unpaired) electrons. The van der Waals surface area contributed by atoms with Gasteiger partial charge >= 0.3 is 0 Å². The van der Waals surface area contributed by atoms with Crippen LogP contribution < -0.4 is 10.5 Å². The van der Waals surface area contributed by atoms with E-state index in [1.54, 1.807) is 17.8 Å². The van der Waals surface area contributed by atoms with Crippen LogP contribution in [-0.2, 0) is 5.75 Å². The fourth-order valence-electron chi connectivity index (χ4n) is 1.11. The average Bonchev–Trinajstić information content (AvgIpc) is 2.26. The van der Waals surface area contributed by atoms with E-state index in [2.05, 4.69) is 6.92 Å². The van der Waals surface area contributed by atoms with Crippen molar-refractivity contribution >= 4 is 11.8 Å². The zero-order valence-electron chi connectivity index (χ0n) is 9.00. The van der Waals surface area contributed by atoms with Crippen molar-refractivity contribution in [3.63, 3.8) is 0 Å². The maximum atomic E-state index is 13.3. The van der Waals surface area contributed by atoms with Gasteiger partial charge in [0.2, 0.25) is 0 Å². The largest absolute Gasteiger partial charge is 0.494 e. The number of ether oxygens (including phenoxy) is 1. The maximum Gasteiger partial charge on any atom is 0.165 e. The Bertz CT molecular complexity index is 319. The molecule has 0 bridgehead atoms. The molecule has 0 fully saturated rings. The number of rotatable bonds is 5. The number of nitrogens with two attached hydrogens (primary N) is 1. The van der Waals surface area contributed by atoms with Crippen LogP contribution in [0.25, 0.3) is 0 Å². The van der Waals surface area contributed by atoms with Gasteiger partial charge in [-0.3, -0.25) is 0 Å². The Hall–Kier alpha value is -0.740. The molecule has 0 amide bonds. The van der Waals surface area contributed by atoms with Crippen molar-refractivity contribution in [2.24, 2.45) is 5.73 Å². The summed E-state index contributed by atoms with van der Waals surface area (Å²) in [4.78, 5) is 0. The molecule has 0 spiro atoms. The quantitative estimate of drug-likeness (QED) is 0.842. The lowest BCUT2D eigenvalue weighted by atomic mass is 10.2. The van der Waals surface area contributed by atoms with E-state index in [0.717, 1.165) is 11.3 Å². The van der Waals surface area contributed by atoms with Crippen LogP contribution in [0, 0.1) is 5.82 Å². The number of halogens is 1. The highest BCUT2D eigenvalue weighted by molar-refractivity contribution is 7.99. The average molecular weight is 229 g/mol. The van der Waals surface area contributed by atoms with Gasteiger partial charge in [0, 0.05) is 17.5 Å². The lowest BCUT2D eigenvalue weighted by Gasteiger charge is -2.09. The highest BCUT2D eigenvalue weighted by atomic mass is 32.2. The summed E-state index contributed by atoms with van der Waals surface area (Å²) in [5.41, 5.74) is 6.45. The highest BCUT2D eigenvalue weighted by Crippen LogP contribution is 2.22. The number of thioether (sulfide) groups is 1. The SMILES string of the molecule is COc1ccc(CSC(C)CN)cc1F. The third-order valence-corrected chi connectivity index (χ3v) is 3.34. The Labute approximate surface area is 94.0 Å². The van der Waals surface area contributed by atoms with Gasteiger partial charge < -0.3 is 10.5 Å². The van der Waals surface area contributed by atoms with Crippen molar-refractivity contribution in [1.29, 1.82) is 0 Å². The molecule has 1 unspecified atom stereocenters. The molecule has 0 aromatic heterocycles. The third-order valence-electron chi connectivity index (χ3n) is 2.08. The molecule has 2 N–H and O–H groups in total. The van der Waals surface area contributed by atoms with Gasteiger partial charge in [-0.15, -0.1) is 0 Å². The van der Waals surface area contributed by atoms with E-state index in [9.17, 15) is 4.39 Å². The molecule has 1 atom stereocenters. The lowest BCUT2D eigenvalue weighted by molar-refractivity contribution is 0.386. The zero-order valence-corrected chi connectivity index (χ0v) is 9.81. The van der Waals surface area contributed by atoms with Crippen LogP contribution in [0.4, 0.5) is 4.39 Å². The molecule has 1 rings (SSSR count). The van der Waals surface area contributed by atoms with Gasteiger partial charge in [0.1, 0.15) is 0 Å². The molecule has 0 saturated carbocycles. The first-order valence-corrected chi connectivity index (χ1v) is 5.86. The van der Waals surface area contributed by atoms with E-state index in [4.69, 9.17) is 10.5 Å². The molecule has 0 aliphatic rings. The van der Waals surface area contributed by atoms with Crippen LogP contribution in [0.2, 0.25) is 0 Å². The van der Waals surface area contributed by atoms with Gasteiger partial charge in [-0.25, -0.2) is 4.39 Å². The lowest BCUT2D eigenvalue weighted by Crippen LogP contribution is -2.12. The molecule has 0 aliphatic carbocycles. The maximum absolute atomic E-state index is 13.3. The summed E-state index contributed by atoms with van der Waals surface area (Å²) in [6.45, 7) is 2.70. The Balaban J connectivity index is 2.59. The van der Waals surface area contributed by atoms with Crippen LogP contribution in [0.3, 0.4) is 0 Å². The minimum Gasteiger partial charge on any atom is -0.494 e. The summed E-state index contributed by atoms with van der Waals surface area (Å²) in [5, 5.41) is 0.398. The fourth-order valence-corrected chi connectivity index (χ4v) is 1.90. The third kappa shape index (κ3) is 3.72. The Kier molecular flexibility index (Phi) is 4.91. The predicted molar refractivity (Wildman–Crippen MR) is 62.8 cm³/mol. The summed E-state index contributed by atoms with van der Waals surface area (Å²) in [5.74, 6) is 0.755. The zero-order chi connectivity index (χ0) is 11.3. The van der Waals surface area contributed by atoms with Crippen LogP contribution >= 0.6 is 11.8 Å². The van der Waals surface area contributed by atoms with Crippen LogP contribution in [-0.4, -0.2) is 18.9 Å². The summed E-state index contributed by atoms with van der Waals surface area (Å²) in [7, 11) is 1.46. The molecule has 84 valence electrons. The van der Waals surface area contributed by atoms with Crippen molar-refractivity contribution in [2.45, 2.75) is 17.9 Å². The second kappa shape index (κ2) is 5.98. The summed E-state index contributed by atoms with van der Waals surface area (Å²) in [6, 6.07) is 5.03. The van der Waals surface area contributed by atoms with Gasteiger partial charge in [0.05, 0.1) is 7.11 Å². The molecule has 0 aliphatic heterocycles. The van der Waals surface area contributed by atoms with E-state index in [1.807, 2.05) is 6.07 Å². The minimum absolute atomic E-state index is 0.288.